The Morgan fingerprint density at radius 2 is 2.33 bits per heavy atom. The third kappa shape index (κ3) is 4.44. The lowest BCUT2D eigenvalue weighted by Gasteiger charge is -2.32. The second-order valence-electron chi connectivity index (χ2n) is 5.96. The lowest BCUT2D eigenvalue weighted by atomic mass is 10.1. The fourth-order valence-corrected chi connectivity index (χ4v) is 3.47. The third-order valence-electron chi connectivity index (χ3n) is 3.89. The molecule has 0 aromatic carbocycles. The Morgan fingerprint density at radius 1 is 1.46 bits per heavy atom. The van der Waals surface area contributed by atoms with E-state index in [9.17, 15) is 4.79 Å². The number of aromatic nitrogens is 2. The highest BCUT2D eigenvalue weighted by Gasteiger charge is 2.25. The minimum Gasteiger partial charge on any atom is -0.472 e. The molecule has 2 aromatic rings. The predicted octanol–water partition coefficient (Wildman–Crippen LogP) is 2.91. The fourth-order valence-electron chi connectivity index (χ4n) is 2.82. The van der Waals surface area contributed by atoms with Crippen LogP contribution in [0.1, 0.15) is 29.2 Å². The topological polar surface area (TPSA) is 67.3 Å². The molecule has 3 heterocycles. The number of nitrogens with zero attached hydrogens (tertiary/aromatic N) is 3. The Labute approximate surface area is 145 Å². The van der Waals surface area contributed by atoms with Crippen molar-refractivity contribution in [3.63, 3.8) is 0 Å². The minimum absolute atomic E-state index is 0.0278. The Kier molecular flexibility index (Phi) is 5.30. The van der Waals surface area contributed by atoms with Crippen molar-refractivity contribution in [2.75, 3.05) is 13.1 Å². The van der Waals surface area contributed by atoms with Crippen LogP contribution in [0.2, 0.25) is 0 Å². The number of carbonyl (C=O) groups excluding carboxylic acids is 1. The van der Waals surface area contributed by atoms with Crippen LogP contribution < -0.4 is 10.1 Å². The monoisotopic (exact) mass is 346 g/mol. The summed E-state index contributed by atoms with van der Waals surface area (Å²) in [7, 11) is 0. The summed E-state index contributed by atoms with van der Waals surface area (Å²) in [6.07, 6.45) is 1.83. The first-order valence-corrected chi connectivity index (χ1v) is 9.02. The van der Waals surface area contributed by atoms with Gasteiger partial charge in [0.15, 0.2) is 0 Å². The van der Waals surface area contributed by atoms with Crippen LogP contribution in [0.5, 0.6) is 5.88 Å². The van der Waals surface area contributed by atoms with Crippen LogP contribution in [0, 0.1) is 13.8 Å². The molecule has 0 aliphatic carbocycles. The molecule has 1 aliphatic rings. The highest BCUT2D eigenvalue weighted by atomic mass is 32.1. The van der Waals surface area contributed by atoms with Crippen LogP contribution in [0.4, 0.5) is 4.79 Å². The first-order chi connectivity index (χ1) is 11.6. The third-order valence-corrected chi connectivity index (χ3v) is 4.77. The zero-order chi connectivity index (χ0) is 16.9. The number of hydrogen-bond acceptors (Lipinski definition) is 5. The van der Waals surface area contributed by atoms with Gasteiger partial charge in [-0.2, -0.15) is 4.98 Å². The van der Waals surface area contributed by atoms with E-state index in [1.165, 1.54) is 0 Å². The van der Waals surface area contributed by atoms with E-state index >= 15 is 0 Å². The van der Waals surface area contributed by atoms with Gasteiger partial charge in [0, 0.05) is 23.2 Å². The molecule has 0 saturated carbocycles. The van der Waals surface area contributed by atoms with Gasteiger partial charge in [-0.15, -0.1) is 11.3 Å². The average molecular weight is 346 g/mol. The lowest BCUT2D eigenvalue weighted by Crippen LogP contribution is -2.48. The van der Waals surface area contributed by atoms with Crippen molar-refractivity contribution >= 4 is 17.4 Å². The predicted molar refractivity (Wildman–Crippen MR) is 93.3 cm³/mol. The van der Waals surface area contributed by atoms with E-state index in [0.29, 0.717) is 24.8 Å². The minimum atomic E-state index is -0.0354. The van der Waals surface area contributed by atoms with Crippen molar-refractivity contribution in [1.29, 1.82) is 0 Å². The first kappa shape index (κ1) is 16.7. The van der Waals surface area contributed by atoms with Crippen molar-refractivity contribution < 1.29 is 9.53 Å². The molecule has 0 spiro atoms. The highest BCUT2D eigenvalue weighted by Crippen LogP contribution is 2.18. The van der Waals surface area contributed by atoms with Crippen molar-refractivity contribution in [2.24, 2.45) is 0 Å². The van der Waals surface area contributed by atoms with E-state index < -0.39 is 0 Å². The molecule has 2 amide bonds. The van der Waals surface area contributed by atoms with Crippen LogP contribution in [0.3, 0.4) is 0 Å². The van der Waals surface area contributed by atoms with E-state index in [2.05, 4.69) is 15.3 Å². The van der Waals surface area contributed by atoms with Gasteiger partial charge in [-0.05, 0) is 38.1 Å². The zero-order valence-corrected chi connectivity index (χ0v) is 14.8. The van der Waals surface area contributed by atoms with Crippen molar-refractivity contribution in [3.8, 4) is 5.88 Å². The molecule has 3 rings (SSSR count). The zero-order valence-electron chi connectivity index (χ0n) is 14.0. The average Bonchev–Trinajstić information content (AvgIpc) is 3.05. The standard InChI is InChI=1S/C17H22N4O2S/c1-12-9-16(20-13(2)19-12)23-14-5-3-7-21(11-14)17(22)18-10-15-6-4-8-24-15/h4,6,8-9,14H,3,5,7,10-11H2,1-2H3,(H,18,22)/t14-/m1/s1. The van der Waals surface area contributed by atoms with Gasteiger partial charge in [-0.25, -0.2) is 9.78 Å². The van der Waals surface area contributed by atoms with Gasteiger partial charge in [0.05, 0.1) is 13.1 Å². The van der Waals surface area contributed by atoms with Gasteiger partial charge < -0.3 is 15.0 Å². The molecule has 7 heteroatoms. The van der Waals surface area contributed by atoms with Crippen LogP contribution in [-0.2, 0) is 6.54 Å². The highest BCUT2D eigenvalue weighted by molar-refractivity contribution is 7.09. The molecule has 24 heavy (non-hydrogen) atoms. The van der Waals surface area contributed by atoms with Crippen LogP contribution in [-0.4, -0.2) is 40.1 Å². The van der Waals surface area contributed by atoms with Crippen LogP contribution in [0.15, 0.2) is 23.6 Å². The molecule has 1 saturated heterocycles. The molecule has 1 atom stereocenters. The van der Waals surface area contributed by atoms with Crippen LogP contribution in [0.25, 0.3) is 0 Å². The number of hydrogen-bond donors (Lipinski definition) is 1. The number of amides is 2. The number of likely N-dealkylation sites (tertiary alicyclic amines) is 1. The summed E-state index contributed by atoms with van der Waals surface area (Å²) in [5.74, 6) is 1.29. The molecule has 1 aliphatic heterocycles. The van der Waals surface area contributed by atoms with Crippen molar-refractivity contribution in [3.05, 3.63) is 40.0 Å². The van der Waals surface area contributed by atoms with Crippen LogP contribution >= 0.6 is 11.3 Å². The summed E-state index contributed by atoms with van der Waals surface area (Å²) >= 11 is 1.64. The molecule has 128 valence electrons. The van der Waals surface area contributed by atoms with E-state index in [4.69, 9.17) is 4.74 Å². The first-order valence-electron chi connectivity index (χ1n) is 8.14. The number of ether oxygens (including phenoxy) is 1. The Bertz CT molecular complexity index is 670. The second-order valence-corrected chi connectivity index (χ2v) is 6.99. The maximum Gasteiger partial charge on any atom is 0.317 e. The Balaban J connectivity index is 1.54. The van der Waals surface area contributed by atoms with Gasteiger partial charge >= 0.3 is 6.03 Å². The van der Waals surface area contributed by atoms with E-state index in [0.717, 1.165) is 30.0 Å². The maximum absolute atomic E-state index is 12.3. The van der Waals surface area contributed by atoms with E-state index in [-0.39, 0.29) is 12.1 Å². The SMILES string of the molecule is Cc1cc(O[C@@H]2CCCN(C(=O)NCc3cccs3)C2)nc(C)n1. The Hall–Kier alpha value is -2.15. The molecule has 0 unspecified atom stereocenters. The molecular weight excluding hydrogens is 324 g/mol. The fraction of sp³-hybridized carbons (Fsp3) is 0.471. The molecule has 0 bridgehead atoms. The van der Waals surface area contributed by atoms with Gasteiger partial charge in [0.2, 0.25) is 5.88 Å². The number of thiophene rings is 1. The largest absolute Gasteiger partial charge is 0.472 e. The number of rotatable bonds is 4. The number of aryl methyl sites for hydroxylation is 2. The summed E-state index contributed by atoms with van der Waals surface area (Å²) in [6, 6.07) is 5.81. The number of piperidine rings is 1. The summed E-state index contributed by atoms with van der Waals surface area (Å²) in [5, 5.41) is 4.99. The van der Waals surface area contributed by atoms with Crippen molar-refractivity contribution in [2.45, 2.75) is 39.3 Å². The van der Waals surface area contributed by atoms with Gasteiger partial charge in [-0.3, -0.25) is 0 Å². The smallest absolute Gasteiger partial charge is 0.317 e. The summed E-state index contributed by atoms with van der Waals surface area (Å²) in [4.78, 5) is 23.9. The lowest BCUT2D eigenvalue weighted by molar-refractivity contribution is 0.0974. The summed E-state index contributed by atoms with van der Waals surface area (Å²) in [6.45, 7) is 5.69. The van der Waals surface area contributed by atoms with E-state index in [1.54, 1.807) is 11.3 Å². The molecule has 0 radical (unpaired) electrons. The second kappa shape index (κ2) is 7.61. The van der Waals surface area contributed by atoms with E-state index in [1.807, 2.05) is 42.3 Å². The van der Waals surface area contributed by atoms with Gasteiger partial charge in [0.1, 0.15) is 11.9 Å². The van der Waals surface area contributed by atoms with Gasteiger partial charge in [-0.1, -0.05) is 6.07 Å². The number of carbonyl (C=O) groups is 1. The molecular formula is C17H22N4O2S. The molecule has 1 N–H and O–H groups in total. The van der Waals surface area contributed by atoms with Gasteiger partial charge in [0.25, 0.3) is 0 Å². The molecule has 2 aromatic heterocycles. The summed E-state index contributed by atoms with van der Waals surface area (Å²) in [5.41, 5.74) is 0.888. The quantitative estimate of drug-likeness (QED) is 0.924. The molecule has 1 fully saturated rings. The number of nitrogens with one attached hydrogen (secondary N) is 1. The maximum atomic E-state index is 12.3. The van der Waals surface area contributed by atoms with Crippen molar-refractivity contribution in [1.82, 2.24) is 20.2 Å². The normalized spacial score (nSPS) is 17.6. The Morgan fingerprint density at radius 3 is 3.08 bits per heavy atom. The number of urea groups is 1. The molecule has 6 nitrogen and oxygen atoms in total. The summed E-state index contributed by atoms with van der Waals surface area (Å²) < 4.78 is 5.98.